The predicted molar refractivity (Wildman–Crippen MR) is 156 cm³/mol. The molecule has 4 saturated heterocycles. The molecular formula is C31H39N7O3. The monoisotopic (exact) mass is 557 g/mol. The number of imide groups is 1. The van der Waals surface area contributed by atoms with Gasteiger partial charge in [-0.25, -0.2) is 4.98 Å². The Kier molecular flexibility index (Phi) is 6.60. The molecule has 1 spiro atoms. The van der Waals surface area contributed by atoms with E-state index in [9.17, 15) is 14.4 Å². The Morgan fingerprint density at radius 3 is 2.37 bits per heavy atom. The number of nitrogens with one attached hydrogen (secondary N) is 1. The number of hydrogen-bond donors (Lipinski definition) is 2. The quantitative estimate of drug-likeness (QED) is 0.538. The van der Waals surface area contributed by atoms with Crippen molar-refractivity contribution < 1.29 is 14.4 Å². The molecule has 10 heteroatoms. The van der Waals surface area contributed by atoms with E-state index < -0.39 is 6.04 Å². The summed E-state index contributed by atoms with van der Waals surface area (Å²) in [6.45, 7) is 8.30. The summed E-state index contributed by atoms with van der Waals surface area (Å²) in [5.41, 5.74) is 10.2. The Bertz CT molecular complexity index is 1340. The summed E-state index contributed by atoms with van der Waals surface area (Å²) in [4.78, 5) is 50.4. The average Bonchev–Trinajstić information content (AvgIpc) is 3.28. The van der Waals surface area contributed by atoms with Crippen molar-refractivity contribution in [2.24, 2.45) is 11.3 Å². The van der Waals surface area contributed by atoms with Crippen molar-refractivity contribution in [2.45, 2.75) is 51.1 Å². The first-order chi connectivity index (χ1) is 19.9. The number of rotatable bonds is 5. The van der Waals surface area contributed by atoms with Crippen molar-refractivity contribution in [1.82, 2.24) is 20.1 Å². The van der Waals surface area contributed by atoms with Gasteiger partial charge in [0.25, 0.3) is 5.91 Å². The van der Waals surface area contributed by atoms with Crippen LogP contribution in [0.1, 0.15) is 54.4 Å². The molecule has 0 radical (unpaired) electrons. The molecule has 4 fully saturated rings. The van der Waals surface area contributed by atoms with Crippen LogP contribution in [0.2, 0.25) is 0 Å². The van der Waals surface area contributed by atoms with Crippen LogP contribution in [0.5, 0.6) is 0 Å². The van der Waals surface area contributed by atoms with Crippen LogP contribution in [-0.2, 0) is 16.1 Å². The zero-order chi connectivity index (χ0) is 28.1. The Hall–Kier alpha value is -3.66. The summed E-state index contributed by atoms with van der Waals surface area (Å²) >= 11 is 0. The highest BCUT2D eigenvalue weighted by Gasteiger charge is 2.45. The van der Waals surface area contributed by atoms with Crippen LogP contribution in [-0.4, -0.2) is 84.4 Å². The van der Waals surface area contributed by atoms with Gasteiger partial charge in [0.2, 0.25) is 11.8 Å². The van der Waals surface area contributed by atoms with E-state index in [0.29, 0.717) is 29.8 Å². The highest BCUT2D eigenvalue weighted by molar-refractivity contribution is 6.05. The van der Waals surface area contributed by atoms with Gasteiger partial charge in [0, 0.05) is 70.0 Å². The number of carbonyl (C=O) groups excluding carboxylic acids is 3. The minimum Gasteiger partial charge on any atom is -0.384 e. The van der Waals surface area contributed by atoms with Crippen LogP contribution in [0.3, 0.4) is 0 Å². The molecule has 3 amide bonds. The van der Waals surface area contributed by atoms with Crippen molar-refractivity contribution in [3.63, 3.8) is 0 Å². The van der Waals surface area contributed by atoms with Gasteiger partial charge < -0.3 is 25.3 Å². The van der Waals surface area contributed by atoms with Gasteiger partial charge in [-0.15, -0.1) is 0 Å². The lowest BCUT2D eigenvalue weighted by Gasteiger charge is -2.55. The summed E-state index contributed by atoms with van der Waals surface area (Å²) in [6, 6.07) is 9.51. The fourth-order valence-electron chi connectivity index (χ4n) is 7.67. The average molecular weight is 558 g/mol. The van der Waals surface area contributed by atoms with E-state index in [2.05, 4.69) is 43.2 Å². The van der Waals surface area contributed by atoms with Gasteiger partial charge in [0.1, 0.15) is 11.9 Å². The second-order valence-corrected chi connectivity index (χ2v) is 12.8. The van der Waals surface area contributed by atoms with Crippen LogP contribution in [0.25, 0.3) is 0 Å². The van der Waals surface area contributed by atoms with Crippen molar-refractivity contribution in [1.29, 1.82) is 0 Å². The standard InChI is InChI=1S/C31H39N7O3/c32-27-5-2-24(16-33-27)36-11-7-21(8-12-36)17-35-19-31(20-35)9-13-37(14-10-31)23-1-3-25-22(15-23)18-38(30(25)41)26-4-6-28(39)34-29(26)40/h1-3,5,15-16,21,26H,4,6-14,17-20H2,(H2,32,33)(H,34,39,40). The number of hydrogen-bond acceptors (Lipinski definition) is 8. The number of aromatic nitrogens is 1. The molecule has 1 atom stereocenters. The van der Waals surface area contributed by atoms with E-state index in [1.165, 1.54) is 51.0 Å². The van der Waals surface area contributed by atoms with Crippen LogP contribution in [0, 0.1) is 11.3 Å². The number of nitrogens with two attached hydrogens (primary N) is 1. The molecule has 5 aliphatic heterocycles. The largest absolute Gasteiger partial charge is 0.384 e. The number of carbonyl (C=O) groups is 3. The number of pyridine rings is 1. The molecule has 10 nitrogen and oxygen atoms in total. The molecule has 7 rings (SSSR count). The number of nitrogens with zero attached hydrogens (tertiary/aromatic N) is 5. The van der Waals surface area contributed by atoms with E-state index in [-0.39, 0.29) is 24.1 Å². The zero-order valence-corrected chi connectivity index (χ0v) is 23.6. The Morgan fingerprint density at radius 1 is 0.927 bits per heavy atom. The van der Waals surface area contributed by atoms with Gasteiger partial charge in [-0.1, -0.05) is 0 Å². The molecule has 1 unspecified atom stereocenters. The molecule has 216 valence electrons. The molecular weight excluding hydrogens is 518 g/mol. The third-order valence-electron chi connectivity index (χ3n) is 10.1. The summed E-state index contributed by atoms with van der Waals surface area (Å²) < 4.78 is 0. The van der Waals surface area contributed by atoms with E-state index >= 15 is 0 Å². The van der Waals surface area contributed by atoms with Crippen LogP contribution in [0.4, 0.5) is 17.2 Å². The molecule has 41 heavy (non-hydrogen) atoms. The van der Waals surface area contributed by atoms with Gasteiger partial charge in [0.15, 0.2) is 0 Å². The van der Waals surface area contributed by atoms with Gasteiger partial charge in [0.05, 0.1) is 11.9 Å². The van der Waals surface area contributed by atoms with Gasteiger partial charge in [-0.3, -0.25) is 19.7 Å². The fourth-order valence-corrected chi connectivity index (χ4v) is 7.67. The van der Waals surface area contributed by atoms with Gasteiger partial charge >= 0.3 is 0 Å². The molecule has 5 aliphatic rings. The maximum Gasteiger partial charge on any atom is 0.255 e. The van der Waals surface area contributed by atoms with Gasteiger partial charge in [-0.2, -0.15) is 0 Å². The Morgan fingerprint density at radius 2 is 1.66 bits per heavy atom. The molecule has 6 heterocycles. The van der Waals surface area contributed by atoms with E-state index in [1.54, 1.807) is 4.90 Å². The highest BCUT2D eigenvalue weighted by atomic mass is 16.2. The van der Waals surface area contributed by atoms with Crippen LogP contribution in [0.15, 0.2) is 36.5 Å². The minimum atomic E-state index is -0.568. The Balaban J connectivity index is 0.885. The second-order valence-electron chi connectivity index (χ2n) is 12.8. The Labute approximate surface area is 240 Å². The van der Waals surface area contributed by atoms with Crippen molar-refractivity contribution in [3.8, 4) is 0 Å². The SMILES string of the molecule is Nc1ccc(N2CCC(CN3CC4(CCN(c5ccc6c(c5)CN(C5CCC(=O)NC5=O)C6=O)CC4)C3)CC2)cn1. The first-order valence-corrected chi connectivity index (χ1v) is 15.1. The van der Waals surface area contributed by atoms with Crippen molar-refractivity contribution in [2.75, 3.05) is 61.3 Å². The van der Waals surface area contributed by atoms with Crippen LogP contribution >= 0.6 is 0 Å². The van der Waals surface area contributed by atoms with E-state index in [4.69, 9.17) is 5.73 Å². The molecule has 2 aromatic rings. The third-order valence-corrected chi connectivity index (χ3v) is 10.1. The first-order valence-electron chi connectivity index (χ1n) is 15.1. The first kappa shape index (κ1) is 26.3. The maximum atomic E-state index is 13.0. The summed E-state index contributed by atoms with van der Waals surface area (Å²) in [5, 5.41) is 2.38. The lowest BCUT2D eigenvalue weighted by molar-refractivity contribution is -0.136. The molecule has 0 aliphatic carbocycles. The summed E-state index contributed by atoms with van der Waals surface area (Å²) in [5.74, 6) is 0.604. The van der Waals surface area contributed by atoms with Crippen LogP contribution < -0.4 is 20.9 Å². The lowest BCUT2D eigenvalue weighted by atomic mass is 9.71. The van der Waals surface area contributed by atoms with Crippen molar-refractivity contribution in [3.05, 3.63) is 47.7 Å². The fraction of sp³-hybridized carbons (Fsp3) is 0.548. The van der Waals surface area contributed by atoms with E-state index in [0.717, 1.165) is 43.3 Å². The predicted octanol–water partition coefficient (Wildman–Crippen LogP) is 2.24. The van der Waals surface area contributed by atoms with Crippen molar-refractivity contribution >= 4 is 34.9 Å². The van der Waals surface area contributed by atoms with E-state index in [1.807, 2.05) is 18.3 Å². The zero-order valence-electron chi connectivity index (χ0n) is 23.6. The second kappa shape index (κ2) is 10.3. The highest BCUT2D eigenvalue weighted by Crippen LogP contribution is 2.42. The summed E-state index contributed by atoms with van der Waals surface area (Å²) in [6.07, 6.45) is 7.40. The normalized spacial score (nSPS) is 24.9. The number of benzene rings is 1. The molecule has 1 aromatic carbocycles. The van der Waals surface area contributed by atoms with Gasteiger partial charge in [-0.05, 0) is 79.3 Å². The topological polar surface area (TPSA) is 115 Å². The maximum absolute atomic E-state index is 13.0. The molecule has 0 saturated carbocycles. The summed E-state index contributed by atoms with van der Waals surface area (Å²) in [7, 11) is 0. The molecule has 0 bridgehead atoms. The lowest BCUT2D eigenvalue weighted by Crippen LogP contribution is -2.61. The number of piperidine rings is 3. The molecule has 3 N–H and O–H groups in total. The number of anilines is 3. The number of fused-ring (bicyclic) bond motifs is 1. The number of likely N-dealkylation sites (tertiary alicyclic amines) is 1. The molecule has 1 aromatic heterocycles. The number of amides is 3. The number of nitrogen functional groups attached to an aromatic ring is 1. The minimum absolute atomic E-state index is 0.110. The smallest absolute Gasteiger partial charge is 0.255 e. The third kappa shape index (κ3) is 5.03.